The summed E-state index contributed by atoms with van der Waals surface area (Å²) in [5.41, 5.74) is 0.640. The average molecular weight is 317 g/mol. The molecule has 0 aliphatic heterocycles. The number of nitrogens with one attached hydrogen (secondary N) is 2. The lowest BCUT2D eigenvalue weighted by molar-refractivity contribution is 0.0952. The molecule has 0 atom stereocenters. The number of carbonyl (C=O) groups is 2. The number of hydrogen-bond acceptors (Lipinski definition) is 5. The lowest BCUT2D eigenvalue weighted by Crippen LogP contribution is -2.20. The van der Waals surface area contributed by atoms with E-state index in [0.29, 0.717) is 11.3 Å². The van der Waals surface area contributed by atoms with Gasteiger partial charge in [-0.25, -0.2) is 4.98 Å². The normalized spacial score (nSPS) is 10.5. The summed E-state index contributed by atoms with van der Waals surface area (Å²) in [4.78, 5) is 28.1. The van der Waals surface area contributed by atoms with Crippen molar-refractivity contribution >= 4 is 17.6 Å². The number of aromatic nitrogens is 3. The fourth-order valence-corrected chi connectivity index (χ4v) is 1.93. The lowest BCUT2D eigenvalue weighted by Gasteiger charge is -2.12. The van der Waals surface area contributed by atoms with Gasteiger partial charge in [-0.3, -0.25) is 14.3 Å². The number of ether oxygens (including phenoxy) is 1. The highest BCUT2D eigenvalue weighted by molar-refractivity contribution is 6.05. The third-order valence-electron chi connectivity index (χ3n) is 2.94. The molecule has 0 radical (unpaired) electrons. The highest BCUT2D eigenvalue weighted by Crippen LogP contribution is 2.18. The summed E-state index contributed by atoms with van der Waals surface area (Å²) < 4.78 is 6.92. The molecule has 23 heavy (non-hydrogen) atoms. The maximum absolute atomic E-state index is 12.4. The molecule has 2 heterocycles. The first-order chi connectivity index (χ1) is 10.9. The van der Waals surface area contributed by atoms with E-state index in [4.69, 9.17) is 4.74 Å². The van der Waals surface area contributed by atoms with Crippen LogP contribution in [0.5, 0.6) is 5.88 Å². The minimum Gasteiger partial charge on any atom is -0.474 e. The number of rotatable bonds is 5. The third-order valence-corrected chi connectivity index (χ3v) is 2.94. The quantitative estimate of drug-likeness (QED) is 0.864. The van der Waals surface area contributed by atoms with Gasteiger partial charge in [0, 0.05) is 26.4 Å². The van der Waals surface area contributed by atoms with Gasteiger partial charge in [-0.1, -0.05) is 0 Å². The summed E-state index contributed by atoms with van der Waals surface area (Å²) in [7, 11) is 3.15. The molecule has 0 spiro atoms. The van der Waals surface area contributed by atoms with Gasteiger partial charge in [0.15, 0.2) is 5.82 Å². The number of amides is 2. The van der Waals surface area contributed by atoms with Crippen molar-refractivity contribution in [2.24, 2.45) is 7.05 Å². The van der Waals surface area contributed by atoms with Crippen LogP contribution < -0.4 is 15.4 Å². The van der Waals surface area contributed by atoms with Crippen LogP contribution in [0, 0.1) is 0 Å². The summed E-state index contributed by atoms with van der Waals surface area (Å²) in [5.74, 6) is -0.168. The van der Waals surface area contributed by atoms with Gasteiger partial charge in [0.05, 0.1) is 6.10 Å². The second-order valence-electron chi connectivity index (χ2n) is 5.09. The minimum atomic E-state index is -0.407. The first-order valence-corrected chi connectivity index (χ1v) is 7.11. The molecule has 2 aromatic heterocycles. The number of hydrogen-bond donors (Lipinski definition) is 2. The van der Waals surface area contributed by atoms with Gasteiger partial charge in [-0.05, 0) is 26.0 Å². The van der Waals surface area contributed by atoms with Crippen LogP contribution in [0.3, 0.4) is 0 Å². The van der Waals surface area contributed by atoms with Gasteiger partial charge in [0.2, 0.25) is 5.88 Å². The number of nitrogens with zero attached hydrogens (tertiary/aromatic N) is 3. The SMILES string of the molecule is CNC(=O)c1cc(NC(=O)c2cccnc2OC(C)C)nn1C. The number of anilines is 1. The molecule has 2 N–H and O–H groups in total. The Hall–Kier alpha value is -2.90. The van der Waals surface area contributed by atoms with Gasteiger partial charge in [0.1, 0.15) is 11.3 Å². The van der Waals surface area contributed by atoms with Gasteiger partial charge in [-0.2, -0.15) is 5.10 Å². The Morgan fingerprint density at radius 3 is 2.70 bits per heavy atom. The summed E-state index contributed by atoms with van der Waals surface area (Å²) in [6.45, 7) is 3.70. The van der Waals surface area contributed by atoms with Crippen LogP contribution >= 0.6 is 0 Å². The van der Waals surface area contributed by atoms with E-state index < -0.39 is 5.91 Å². The topological polar surface area (TPSA) is 98.1 Å². The summed E-state index contributed by atoms with van der Waals surface area (Å²) in [6, 6.07) is 4.76. The molecule has 8 nitrogen and oxygen atoms in total. The second-order valence-corrected chi connectivity index (χ2v) is 5.09. The Bertz CT molecular complexity index is 724. The van der Waals surface area contributed by atoms with Crippen molar-refractivity contribution in [3.63, 3.8) is 0 Å². The molecule has 2 rings (SSSR count). The molecule has 0 bridgehead atoms. The number of carbonyl (C=O) groups excluding carboxylic acids is 2. The molecule has 0 aliphatic carbocycles. The molecule has 2 aromatic rings. The largest absolute Gasteiger partial charge is 0.474 e. The summed E-state index contributed by atoms with van der Waals surface area (Å²) >= 11 is 0. The van der Waals surface area contributed by atoms with E-state index in [1.807, 2.05) is 13.8 Å². The van der Waals surface area contributed by atoms with Crippen molar-refractivity contribution in [3.8, 4) is 5.88 Å². The lowest BCUT2D eigenvalue weighted by atomic mass is 10.2. The minimum absolute atomic E-state index is 0.105. The van der Waals surface area contributed by atoms with E-state index in [1.165, 1.54) is 17.8 Å². The Balaban J connectivity index is 2.21. The molecule has 0 unspecified atom stereocenters. The predicted molar refractivity (Wildman–Crippen MR) is 84.6 cm³/mol. The van der Waals surface area contributed by atoms with Gasteiger partial charge in [-0.15, -0.1) is 0 Å². The Kier molecular flexibility index (Phi) is 4.95. The zero-order valence-corrected chi connectivity index (χ0v) is 13.5. The monoisotopic (exact) mass is 317 g/mol. The highest BCUT2D eigenvalue weighted by Gasteiger charge is 2.18. The van der Waals surface area contributed by atoms with Crippen LogP contribution in [-0.4, -0.2) is 39.7 Å². The smallest absolute Gasteiger partial charge is 0.269 e. The van der Waals surface area contributed by atoms with Gasteiger partial charge >= 0.3 is 0 Å². The van der Waals surface area contributed by atoms with E-state index in [2.05, 4.69) is 20.7 Å². The maximum atomic E-state index is 12.4. The fourth-order valence-electron chi connectivity index (χ4n) is 1.93. The van der Waals surface area contributed by atoms with Crippen molar-refractivity contribution in [2.75, 3.05) is 12.4 Å². The van der Waals surface area contributed by atoms with Crippen LogP contribution in [0.4, 0.5) is 5.82 Å². The van der Waals surface area contributed by atoms with E-state index >= 15 is 0 Å². The zero-order chi connectivity index (χ0) is 17.0. The van der Waals surface area contributed by atoms with Crippen molar-refractivity contribution in [3.05, 3.63) is 35.7 Å². The molecule has 8 heteroatoms. The van der Waals surface area contributed by atoms with Gasteiger partial charge < -0.3 is 15.4 Å². The molecule has 2 amide bonds. The summed E-state index contributed by atoms with van der Waals surface area (Å²) in [6.07, 6.45) is 1.45. The molecule has 0 aromatic carbocycles. The first kappa shape index (κ1) is 16.5. The van der Waals surface area contributed by atoms with E-state index in [9.17, 15) is 9.59 Å². The Morgan fingerprint density at radius 1 is 1.30 bits per heavy atom. The molecular weight excluding hydrogens is 298 g/mol. The number of pyridine rings is 1. The van der Waals surface area contributed by atoms with Crippen molar-refractivity contribution in [1.82, 2.24) is 20.1 Å². The Labute approximate surface area is 133 Å². The van der Waals surface area contributed by atoms with Crippen LogP contribution in [-0.2, 0) is 7.05 Å². The molecule has 0 saturated carbocycles. The molecular formula is C15H19N5O3. The molecule has 0 fully saturated rings. The predicted octanol–water partition coefficient (Wildman–Crippen LogP) is 1.21. The second kappa shape index (κ2) is 6.91. The van der Waals surface area contributed by atoms with Crippen LogP contribution in [0.25, 0.3) is 0 Å². The first-order valence-electron chi connectivity index (χ1n) is 7.11. The standard InChI is InChI=1S/C15H19N5O3/c1-9(2)23-15-10(6-5-7-17-15)13(21)18-12-8-11(14(22)16-3)20(4)19-12/h5-9H,1-4H3,(H,16,22)(H,18,19,21). The van der Waals surface area contributed by atoms with Crippen molar-refractivity contribution in [1.29, 1.82) is 0 Å². The molecule has 0 aliphatic rings. The van der Waals surface area contributed by atoms with Crippen LogP contribution in [0.1, 0.15) is 34.7 Å². The van der Waals surface area contributed by atoms with Crippen molar-refractivity contribution in [2.45, 2.75) is 20.0 Å². The molecule has 0 saturated heterocycles. The van der Waals surface area contributed by atoms with Gasteiger partial charge in [0.25, 0.3) is 11.8 Å². The van der Waals surface area contributed by atoms with E-state index in [0.717, 1.165) is 0 Å². The third kappa shape index (κ3) is 3.85. The average Bonchev–Trinajstić information content (AvgIpc) is 2.86. The van der Waals surface area contributed by atoms with Crippen molar-refractivity contribution < 1.29 is 14.3 Å². The number of aryl methyl sites for hydroxylation is 1. The maximum Gasteiger partial charge on any atom is 0.269 e. The van der Waals surface area contributed by atoms with E-state index in [1.54, 1.807) is 25.4 Å². The highest BCUT2D eigenvalue weighted by atomic mass is 16.5. The Morgan fingerprint density at radius 2 is 2.04 bits per heavy atom. The molecule has 122 valence electrons. The van der Waals surface area contributed by atoms with Crippen LogP contribution in [0.15, 0.2) is 24.4 Å². The summed E-state index contributed by atoms with van der Waals surface area (Å²) in [5, 5.41) is 9.25. The fraction of sp³-hybridized carbons (Fsp3) is 0.333. The van der Waals surface area contributed by atoms with Crippen LogP contribution in [0.2, 0.25) is 0 Å². The zero-order valence-electron chi connectivity index (χ0n) is 13.5. The van der Waals surface area contributed by atoms with E-state index in [-0.39, 0.29) is 23.7 Å².